The Labute approximate surface area is 117 Å². The Hall–Kier alpha value is -2.43. The number of carbonyl (C=O) groups excluding carboxylic acids is 1. The van der Waals surface area contributed by atoms with Gasteiger partial charge in [0.15, 0.2) is 5.75 Å². The third-order valence-corrected chi connectivity index (χ3v) is 2.54. The summed E-state index contributed by atoms with van der Waals surface area (Å²) in [6, 6.07) is 9.83. The van der Waals surface area contributed by atoms with Gasteiger partial charge in [0.2, 0.25) is 0 Å². The second-order valence-electron chi connectivity index (χ2n) is 4.09. The topological polar surface area (TPSA) is 61.3 Å². The van der Waals surface area contributed by atoms with E-state index in [-0.39, 0.29) is 12.4 Å². The molecular weight excluding hydrogens is 256 g/mol. The van der Waals surface area contributed by atoms with Gasteiger partial charge >= 0.3 is 5.97 Å². The van der Waals surface area contributed by atoms with Gasteiger partial charge in [-0.3, -0.25) is 4.79 Å². The fraction of sp³-hybridized carbons (Fsp3) is 0.267. The quantitative estimate of drug-likeness (QED) is 0.754. The normalized spacial score (nSPS) is 10.1. The van der Waals surface area contributed by atoms with E-state index >= 15 is 0 Å². The fourth-order valence-corrected chi connectivity index (χ4v) is 1.59. The number of hydrogen-bond donors (Lipinski definition) is 0. The van der Waals surface area contributed by atoms with Crippen molar-refractivity contribution in [1.29, 1.82) is 0 Å². The molecule has 0 unspecified atom stereocenters. The highest BCUT2D eigenvalue weighted by atomic mass is 16.5. The molecule has 1 aromatic carbocycles. The van der Waals surface area contributed by atoms with Crippen LogP contribution in [0.1, 0.15) is 18.3 Å². The molecule has 0 N–H and O–H groups in total. The van der Waals surface area contributed by atoms with Crippen molar-refractivity contribution in [1.82, 2.24) is 9.97 Å². The highest BCUT2D eigenvalue weighted by molar-refractivity contribution is 5.71. The summed E-state index contributed by atoms with van der Waals surface area (Å²) >= 11 is 0. The molecule has 0 saturated heterocycles. The molecule has 1 heterocycles. The molecule has 0 aliphatic carbocycles. The van der Waals surface area contributed by atoms with Gasteiger partial charge in [-0.2, -0.15) is 0 Å². The molecule has 5 nitrogen and oxygen atoms in total. The second-order valence-corrected chi connectivity index (χ2v) is 4.09. The van der Waals surface area contributed by atoms with Crippen LogP contribution in [0.3, 0.4) is 0 Å². The molecule has 0 spiro atoms. The largest absolute Gasteiger partial charge is 0.486 e. The number of hydrogen-bond acceptors (Lipinski definition) is 5. The third-order valence-electron chi connectivity index (χ3n) is 2.54. The molecule has 0 bridgehead atoms. The maximum Gasteiger partial charge on any atom is 0.313 e. The summed E-state index contributed by atoms with van der Waals surface area (Å²) in [6.45, 7) is 2.58. The number of aromatic nitrogens is 2. The van der Waals surface area contributed by atoms with Gasteiger partial charge < -0.3 is 9.47 Å². The Morgan fingerprint density at radius 3 is 2.50 bits per heavy atom. The average molecular weight is 272 g/mol. The Kier molecular flexibility index (Phi) is 5.06. The highest BCUT2D eigenvalue weighted by Gasteiger charge is 2.06. The summed E-state index contributed by atoms with van der Waals surface area (Å²) in [5.74, 6) is 0.669. The molecule has 0 radical (unpaired) electrons. The number of nitrogens with zero attached hydrogens (tertiary/aromatic N) is 2. The second kappa shape index (κ2) is 7.23. The monoisotopic (exact) mass is 272 g/mol. The van der Waals surface area contributed by atoms with E-state index in [1.54, 1.807) is 19.3 Å². The summed E-state index contributed by atoms with van der Waals surface area (Å²) in [5, 5.41) is 0. The zero-order valence-corrected chi connectivity index (χ0v) is 11.3. The lowest BCUT2D eigenvalue weighted by Gasteiger charge is -2.06. The molecule has 2 aromatic rings. The Morgan fingerprint density at radius 2 is 1.85 bits per heavy atom. The number of rotatable bonds is 6. The molecule has 5 heteroatoms. The Balaban J connectivity index is 1.87. The zero-order chi connectivity index (χ0) is 14.2. The first-order valence-electron chi connectivity index (χ1n) is 6.41. The van der Waals surface area contributed by atoms with Crippen molar-refractivity contribution in [2.45, 2.75) is 20.0 Å². The summed E-state index contributed by atoms with van der Waals surface area (Å²) in [5.41, 5.74) is 1.07. The predicted octanol–water partition coefficient (Wildman–Crippen LogP) is 2.16. The highest BCUT2D eigenvalue weighted by Crippen LogP contribution is 2.10. The first-order valence-corrected chi connectivity index (χ1v) is 6.41. The van der Waals surface area contributed by atoms with E-state index in [0.29, 0.717) is 24.8 Å². The first-order chi connectivity index (χ1) is 9.78. The molecular formula is C15H16N2O3. The van der Waals surface area contributed by atoms with Gasteiger partial charge in [0.25, 0.3) is 0 Å². The van der Waals surface area contributed by atoms with Crippen LogP contribution in [0.15, 0.2) is 42.7 Å². The molecule has 0 amide bonds. The molecule has 1 aromatic heterocycles. The van der Waals surface area contributed by atoms with Crippen LogP contribution in [-0.2, 0) is 22.6 Å². The lowest BCUT2D eigenvalue weighted by atomic mass is 10.2. The fourth-order valence-electron chi connectivity index (χ4n) is 1.59. The van der Waals surface area contributed by atoms with Crippen molar-refractivity contribution in [2.75, 3.05) is 6.61 Å². The zero-order valence-electron chi connectivity index (χ0n) is 11.3. The van der Waals surface area contributed by atoms with E-state index < -0.39 is 0 Å². The van der Waals surface area contributed by atoms with E-state index in [2.05, 4.69) is 9.97 Å². The lowest BCUT2D eigenvalue weighted by molar-refractivity contribution is -0.142. The van der Waals surface area contributed by atoms with Crippen molar-refractivity contribution >= 4 is 5.97 Å². The maximum absolute atomic E-state index is 11.3. The van der Waals surface area contributed by atoms with Crippen molar-refractivity contribution < 1.29 is 14.3 Å². The minimum Gasteiger partial charge on any atom is -0.486 e. The van der Waals surface area contributed by atoms with Gasteiger partial charge in [-0.25, -0.2) is 9.97 Å². The first kappa shape index (κ1) is 14.0. The summed E-state index contributed by atoms with van der Waals surface area (Å²) in [6.07, 6.45) is 3.20. The van der Waals surface area contributed by atoms with Crippen LogP contribution in [0.25, 0.3) is 0 Å². The van der Waals surface area contributed by atoms with Gasteiger partial charge in [0.05, 0.1) is 19.0 Å². The maximum atomic E-state index is 11.3. The Bertz CT molecular complexity index is 541. The smallest absolute Gasteiger partial charge is 0.313 e. The van der Waals surface area contributed by atoms with Crippen molar-refractivity contribution in [3.05, 3.63) is 54.1 Å². The van der Waals surface area contributed by atoms with Crippen LogP contribution in [0.2, 0.25) is 0 Å². The van der Waals surface area contributed by atoms with Crippen LogP contribution in [0, 0.1) is 0 Å². The van der Waals surface area contributed by atoms with Crippen molar-refractivity contribution in [3.8, 4) is 5.75 Å². The minimum absolute atomic E-state index is 0.0762. The standard InChI is InChI=1S/C15H16N2O3/c1-2-19-15(18)8-14-16-9-13(10-17-14)20-11-12-6-4-3-5-7-12/h3-7,9-10H,2,8,11H2,1H3. The molecule has 104 valence electrons. The van der Waals surface area contributed by atoms with Gasteiger partial charge in [-0.1, -0.05) is 30.3 Å². The predicted molar refractivity (Wildman–Crippen MR) is 73.1 cm³/mol. The minimum atomic E-state index is -0.328. The van der Waals surface area contributed by atoms with Crippen LogP contribution < -0.4 is 4.74 Å². The number of benzene rings is 1. The average Bonchev–Trinajstić information content (AvgIpc) is 2.48. The van der Waals surface area contributed by atoms with Gasteiger partial charge in [0, 0.05) is 0 Å². The SMILES string of the molecule is CCOC(=O)Cc1ncc(OCc2ccccc2)cn1. The van der Waals surface area contributed by atoms with Crippen LogP contribution in [-0.4, -0.2) is 22.5 Å². The Morgan fingerprint density at radius 1 is 1.15 bits per heavy atom. The molecule has 0 saturated carbocycles. The van der Waals surface area contributed by atoms with Crippen molar-refractivity contribution in [3.63, 3.8) is 0 Å². The molecule has 0 atom stereocenters. The van der Waals surface area contributed by atoms with Crippen LogP contribution in [0.4, 0.5) is 0 Å². The molecule has 0 aliphatic rings. The van der Waals surface area contributed by atoms with E-state index in [4.69, 9.17) is 9.47 Å². The summed E-state index contributed by atoms with van der Waals surface area (Å²) < 4.78 is 10.4. The van der Waals surface area contributed by atoms with Crippen LogP contribution in [0.5, 0.6) is 5.75 Å². The van der Waals surface area contributed by atoms with Gasteiger partial charge in [0.1, 0.15) is 18.9 Å². The van der Waals surface area contributed by atoms with E-state index in [1.807, 2.05) is 30.3 Å². The van der Waals surface area contributed by atoms with Crippen molar-refractivity contribution in [2.24, 2.45) is 0 Å². The molecule has 0 fully saturated rings. The summed E-state index contributed by atoms with van der Waals surface area (Å²) in [7, 11) is 0. The lowest BCUT2D eigenvalue weighted by Crippen LogP contribution is -2.10. The molecule has 2 rings (SSSR count). The third kappa shape index (κ3) is 4.35. The number of esters is 1. The number of ether oxygens (including phenoxy) is 2. The molecule has 0 aliphatic heterocycles. The van der Waals surface area contributed by atoms with Gasteiger partial charge in [-0.15, -0.1) is 0 Å². The van der Waals surface area contributed by atoms with E-state index in [9.17, 15) is 4.79 Å². The summed E-state index contributed by atoms with van der Waals surface area (Å²) in [4.78, 5) is 19.4. The van der Waals surface area contributed by atoms with Crippen LogP contribution >= 0.6 is 0 Å². The van der Waals surface area contributed by atoms with E-state index in [1.165, 1.54) is 0 Å². The van der Waals surface area contributed by atoms with E-state index in [0.717, 1.165) is 5.56 Å². The van der Waals surface area contributed by atoms with Gasteiger partial charge in [-0.05, 0) is 12.5 Å². The number of carbonyl (C=O) groups is 1. The molecule has 20 heavy (non-hydrogen) atoms.